The molecule has 1 aliphatic heterocycles. The number of thioether (sulfide) groups is 1. The van der Waals surface area contributed by atoms with Gasteiger partial charge >= 0.3 is 0 Å². The van der Waals surface area contributed by atoms with Crippen LogP contribution in [0.25, 0.3) is 0 Å². The third-order valence-electron chi connectivity index (χ3n) is 3.63. The van der Waals surface area contributed by atoms with Crippen LogP contribution in [0.1, 0.15) is 38.5 Å². The molecule has 0 radical (unpaired) electrons. The van der Waals surface area contributed by atoms with E-state index in [0.717, 1.165) is 17.2 Å². The second-order valence-electron chi connectivity index (χ2n) is 4.41. The molecule has 0 aromatic heterocycles. The Morgan fingerprint density at radius 1 is 1.15 bits per heavy atom. The lowest BCUT2D eigenvalue weighted by atomic mass is 9.82. The summed E-state index contributed by atoms with van der Waals surface area (Å²) in [5.41, 5.74) is 0. The highest BCUT2D eigenvalue weighted by molar-refractivity contribution is 8.01. The maximum absolute atomic E-state index is 3.55. The zero-order valence-electron chi connectivity index (χ0n) is 8.59. The normalized spacial score (nSPS) is 32.5. The molecular weight excluding hydrogens is 178 g/mol. The van der Waals surface area contributed by atoms with Gasteiger partial charge in [0.15, 0.2) is 0 Å². The minimum atomic E-state index is 0.819. The van der Waals surface area contributed by atoms with Crippen molar-refractivity contribution in [1.82, 2.24) is 5.32 Å². The van der Waals surface area contributed by atoms with Crippen LogP contribution in [0.2, 0.25) is 0 Å². The minimum absolute atomic E-state index is 0.819. The highest BCUT2D eigenvalue weighted by Gasteiger charge is 2.33. The SMILES string of the molecule is CNC(C1CCCCC1)C1CCS1. The third kappa shape index (κ3) is 2.21. The van der Waals surface area contributed by atoms with Gasteiger partial charge in [0.05, 0.1) is 0 Å². The molecule has 0 amide bonds. The van der Waals surface area contributed by atoms with Crippen LogP contribution in [0.3, 0.4) is 0 Å². The largest absolute Gasteiger partial charge is 0.316 e. The predicted molar refractivity (Wildman–Crippen MR) is 60.3 cm³/mol. The molecule has 2 rings (SSSR count). The van der Waals surface area contributed by atoms with E-state index >= 15 is 0 Å². The van der Waals surface area contributed by atoms with Crippen LogP contribution in [0.4, 0.5) is 0 Å². The molecule has 1 aliphatic carbocycles. The first-order chi connectivity index (χ1) is 6.42. The summed E-state index contributed by atoms with van der Waals surface area (Å²) < 4.78 is 0. The van der Waals surface area contributed by atoms with Crippen LogP contribution >= 0.6 is 11.8 Å². The average Bonchev–Trinajstić information content (AvgIpc) is 2.12. The Labute approximate surface area is 86.0 Å². The Balaban J connectivity index is 1.86. The van der Waals surface area contributed by atoms with Crippen molar-refractivity contribution in [2.24, 2.45) is 5.92 Å². The minimum Gasteiger partial charge on any atom is -0.316 e. The highest BCUT2D eigenvalue weighted by atomic mass is 32.2. The van der Waals surface area contributed by atoms with Gasteiger partial charge in [-0.3, -0.25) is 0 Å². The molecule has 0 spiro atoms. The van der Waals surface area contributed by atoms with Gasteiger partial charge in [-0.25, -0.2) is 0 Å². The molecule has 1 saturated heterocycles. The van der Waals surface area contributed by atoms with E-state index in [4.69, 9.17) is 0 Å². The summed E-state index contributed by atoms with van der Waals surface area (Å²) in [6, 6.07) is 0.819. The highest BCUT2D eigenvalue weighted by Crippen LogP contribution is 2.37. The Bertz CT molecular complexity index is 150. The van der Waals surface area contributed by atoms with Gasteiger partial charge in [0.2, 0.25) is 0 Å². The van der Waals surface area contributed by atoms with Crippen molar-refractivity contribution in [2.45, 2.75) is 49.8 Å². The van der Waals surface area contributed by atoms with Crippen LogP contribution in [0.5, 0.6) is 0 Å². The van der Waals surface area contributed by atoms with Crippen molar-refractivity contribution in [3.63, 3.8) is 0 Å². The summed E-state index contributed by atoms with van der Waals surface area (Å²) in [6.45, 7) is 0. The monoisotopic (exact) mass is 199 g/mol. The molecule has 1 heterocycles. The fourth-order valence-corrected chi connectivity index (χ4v) is 3.83. The van der Waals surface area contributed by atoms with E-state index in [1.54, 1.807) is 0 Å². The number of rotatable bonds is 3. The number of hydrogen-bond donors (Lipinski definition) is 1. The molecule has 0 aromatic carbocycles. The predicted octanol–water partition coefficient (Wildman–Crippen LogP) is 2.66. The van der Waals surface area contributed by atoms with Crippen LogP contribution in [-0.2, 0) is 0 Å². The molecule has 76 valence electrons. The van der Waals surface area contributed by atoms with Gasteiger partial charge in [0, 0.05) is 11.3 Å². The molecule has 2 unspecified atom stereocenters. The first-order valence-corrected chi connectivity index (χ1v) is 6.75. The van der Waals surface area contributed by atoms with Crippen LogP contribution in [-0.4, -0.2) is 24.1 Å². The van der Waals surface area contributed by atoms with Crippen LogP contribution in [0.15, 0.2) is 0 Å². The average molecular weight is 199 g/mol. The van der Waals surface area contributed by atoms with E-state index in [1.165, 1.54) is 44.3 Å². The smallest absolute Gasteiger partial charge is 0.0212 e. The first kappa shape index (κ1) is 9.85. The maximum Gasteiger partial charge on any atom is 0.0212 e. The van der Waals surface area contributed by atoms with Crippen LogP contribution < -0.4 is 5.32 Å². The Kier molecular flexibility index (Phi) is 3.56. The first-order valence-electron chi connectivity index (χ1n) is 5.70. The van der Waals surface area contributed by atoms with E-state index in [9.17, 15) is 0 Å². The fraction of sp³-hybridized carbons (Fsp3) is 1.00. The third-order valence-corrected chi connectivity index (χ3v) is 5.05. The zero-order chi connectivity index (χ0) is 9.10. The Hall–Kier alpha value is 0.310. The molecule has 2 heteroatoms. The lowest BCUT2D eigenvalue weighted by Crippen LogP contribution is -2.46. The summed E-state index contributed by atoms with van der Waals surface area (Å²) in [4.78, 5) is 0. The van der Waals surface area contributed by atoms with Crippen molar-refractivity contribution < 1.29 is 0 Å². The molecule has 1 nitrogen and oxygen atoms in total. The van der Waals surface area contributed by atoms with E-state index in [0.29, 0.717) is 0 Å². The van der Waals surface area contributed by atoms with Crippen molar-refractivity contribution in [3.8, 4) is 0 Å². The summed E-state index contributed by atoms with van der Waals surface area (Å²) in [5.74, 6) is 2.38. The van der Waals surface area contributed by atoms with Crippen molar-refractivity contribution in [3.05, 3.63) is 0 Å². The van der Waals surface area contributed by atoms with Crippen molar-refractivity contribution in [2.75, 3.05) is 12.8 Å². The van der Waals surface area contributed by atoms with Gasteiger partial charge in [0.1, 0.15) is 0 Å². The number of hydrogen-bond acceptors (Lipinski definition) is 2. The van der Waals surface area contributed by atoms with E-state index in [2.05, 4.69) is 24.1 Å². The van der Waals surface area contributed by atoms with E-state index in [-0.39, 0.29) is 0 Å². The van der Waals surface area contributed by atoms with Crippen LogP contribution in [0, 0.1) is 5.92 Å². The summed E-state index contributed by atoms with van der Waals surface area (Å²) >= 11 is 2.17. The van der Waals surface area contributed by atoms with Gasteiger partial charge in [0.25, 0.3) is 0 Å². The quantitative estimate of drug-likeness (QED) is 0.750. The van der Waals surface area contributed by atoms with Gasteiger partial charge in [-0.1, -0.05) is 19.3 Å². The summed E-state index contributed by atoms with van der Waals surface area (Å²) in [7, 11) is 2.15. The molecule has 1 N–H and O–H groups in total. The molecule has 2 fully saturated rings. The summed E-state index contributed by atoms with van der Waals surface area (Å²) in [5, 5.41) is 4.49. The van der Waals surface area contributed by atoms with Gasteiger partial charge < -0.3 is 5.32 Å². The zero-order valence-corrected chi connectivity index (χ0v) is 9.41. The number of nitrogens with one attached hydrogen (secondary N) is 1. The molecule has 2 atom stereocenters. The molecule has 2 aliphatic rings. The van der Waals surface area contributed by atoms with E-state index < -0.39 is 0 Å². The Morgan fingerprint density at radius 3 is 2.31 bits per heavy atom. The second-order valence-corrected chi connectivity index (χ2v) is 5.76. The van der Waals surface area contributed by atoms with E-state index in [1.807, 2.05) is 0 Å². The second kappa shape index (κ2) is 4.70. The lowest BCUT2D eigenvalue weighted by molar-refractivity contribution is 0.268. The maximum atomic E-state index is 3.55. The molecule has 1 saturated carbocycles. The van der Waals surface area contributed by atoms with Gasteiger partial charge in [-0.2, -0.15) is 11.8 Å². The summed E-state index contributed by atoms with van der Waals surface area (Å²) in [6.07, 6.45) is 8.82. The standard InChI is InChI=1S/C11H21NS/c1-12-11(10-7-8-13-10)9-5-3-2-4-6-9/h9-12H,2-8H2,1H3. The van der Waals surface area contributed by atoms with Gasteiger partial charge in [-0.15, -0.1) is 0 Å². The molecule has 0 aromatic rings. The molecular formula is C11H21NS. The van der Waals surface area contributed by atoms with Crippen molar-refractivity contribution >= 4 is 11.8 Å². The lowest BCUT2D eigenvalue weighted by Gasteiger charge is -2.39. The Morgan fingerprint density at radius 2 is 1.85 bits per heavy atom. The van der Waals surface area contributed by atoms with Crippen molar-refractivity contribution in [1.29, 1.82) is 0 Å². The molecule has 13 heavy (non-hydrogen) atoms. The topological polar surface area (TPSA) is 12.0 Å². The fourth-order valence-electron chi connectivity index (χ4n) is 2.76. The van der Waals surface area contributed by atoms with Gasteiger partial charge in [-0.05, 0) is 38.0 Å². The molecule has 0 bridgehead atoms.